The molecule has 0 aliphatic carbocycles. The van der Waals surface area contributed by atoms with Gasteiger partial charge in [0.25, 0.3) is 0 Å². The third-order valence-electron chi connectivity index (χ3n) is 3.63. The highest BCUT2D eigenvalue weighted by Gasteiger charge is 2.17. The van der Waals surface area contributed by atoms with Gasteiger partial charge in [-0.15, -0.1) is 11.3 Å². The van der Waals surface area contributed by atoms with Gasteiger partial charge in [-0.2, -0.15) is 0 Å². The van der Waals surface area contributed by atoms with Gasteiger partial charge in [-0.3, -0.25) is 0 Å². The smallest absolute Gasteiger partial charge is 0.128 e. The van der Waals surface area contributed by atoms with E-state index in [1.807, 2.05) is 18.2 Å². The van der Waals surface area contributed by atoms with E-state index in [-0.39, 0.29) is 0 Å². The highest BCUT2D eigenvalue weighted by atomic mass is 32.1. The Labute approximate surface area is 127 Å². The molecule has 3 aromatic rings. The Bertz CT molecular complexity index is 811. The second kappa shape index (κ2) is 5.33. The van der Waals surface area contributed by atoms with Gasteiger partial charge in [0.2, 0.25) is 0 Å². The standard InChI is InChI=1S/C16H16N2O2S/c1-9-10(2)21-16-14(9)15(17-8-18-16)12-7-11(19-3)5-6-13(12)20-4/h5-8H,1-4H3. The third kappa shape index (κ3) is 2.23. The SMILES string of the molecule is COc1ccc(OC)c(-c2ncnc3sc(C)c(C)c23)c1. The van der Waals surface area contributed by atoms with E-state index in [0.717, 1.165) is 33.0 Å². The number of benzene rings is 1. The molecule has 0 aliphatic rings. The Kier molecular flexibility index (Phi) is 3.51. The Hall–Kier alpha value is -2.14. The van der Waals surface area contributed by atoms with Crippen LogP contribution in [0.25, 0.3) is 21.5 Å². The van der Waals surface area contributed by atoms with Gasteiger partial charge >= 0.3 is 0 Å². The molecule has 108 valence electrons. The lowest BCUT2D eigenvalue weighted by Gasteiger charge is -2.11. The summed E-state index contributed by atoms with van der Waals surface area (Å²) in [4.78, 5) is 11.1. The fourth-order valence-corrected chi connectivity index (χ4v) is 3.38. The molecule has 2 aromatic heterocycles. The van der Waals surface area contributed by atoms with E-state index in [4.69, 9.17) is 9.47 Å². The van der Waals surface area contributed by atoms with E-state index in [1.54, 1.807) is 31.9 Å². The largest absolute Gasteiger partial charge is 0.497 e. The maximum atomic E-state index is 5.48. The molecule has 0 spiro atoms. The third-order valence-corrected chi connectivity index (χ3v) is 4.74. The van der Waals surface area contributed by atoms with Crippen LogP contribution in [0.2, 0.25) is 0 Å². The normalized spacial score (nSPS) is 10.9. The number of nitrogens with zero attached hydrogens (tertiary/aromatic N) is 2. The molecule has 0 saturated heterocycles. The van der Waals surface area contributed by atoms with Crippen LogP contribution in [0, 0.1) is 13.8 Å². The molecule has 21 heavy (non-hydrogen) atoms. The molecule has 4 nitrogen and oxygen atoms in total. The summed E-state index contributed by atoms with van der Waals surface area (Å²) in [6.45, 7) is 4.21. The molecule has 3 rings (SSSR count). The number of hydrogen-bond acceptors (Lipinski definition) is 5. The number of hydrogen-bond donors (Lipinski definition) is 0. The fraction of sp³-hybridized carbons (Fsp3) is 0.250. The van der Waals surface area contributed by atoms with Crippen molar-refractivity contribution in [1.29, 1.82) is 0 Å². The summed E-state index contributed by atoms with van der Waals surface area (Å²) in [5, 5.41) is 1.09. The number of ether oxygens (including phenoxy) is 2. The monoisotopic (exact) mass is 300 g/mol. The lowest BCUT2D eigenvalue weighted by Crippen LogP contribution is -1.93. The van der Waals surface area contributed by atoms with Crippen molar-refractivity contribution in [2.24, 2.45) is 0 Å². The molecule has 1 aromatic carbocycles. The number of thiophene rings is 1. The number of aryl methyl sites for hydroxylation is 2. The van der Waals surface area contributed by atoms with Crippen molar-refractivity contribution in [1.82, 2.24) is 9.97 Å². The van der Waals surface area contributed by atoms with Gasteiger partial charge in [-0.1, -0.05) is 0 Å². The molecular formula is C16H16N2O2S. The van der Waals surface area contributed by atoms with E-state index in [9.17, 15) is 0 Å². The molecule has 0 unspecified atom stereocenters. The average molecular weight is 300 g/mol. The number of rotatable bonds is 3. The Morgan fingerprint density at radius 1 is 1.05 bits per heavy atom. The summed E-state index contributed by atoms with van der Waals surface area (Å²) in [7, 11) is 3.32. The Morgan fingerprint density at radius 2 is 1.86 bits per heavy atom. The zero-order chi connectivity index (χ0) is 15.0. The van der Waals surface area contributed by atoms with E-state index in [1.165, 1.54) is 10.4 Å². The van der Waals surface area contributed by atoms with Crippen molar-refractivity contribution in [3.8, 4) is 22.8 Å². The molecule has 0 radical (unpaired) electrons. The average Bonchev–Trinajstić information content (AvgIpc) is 2.81. The number of methoxy groups -OCH3 is 2. The summed E-state index contributed by atoms with van der Waals surface area (Å²) in [6, 6.07) is 5.73. The van der Waals surface area contributed by atoms with Gasteiger partial charge in [0.1, 0.15) is 22.7 Å². The minimum absolute atomic E-state index is 0.777. The second-order valence-corrected chi connectivity index (χ2v) is 5.96. The zero-order valence-corrected chi connectivity index (χ0v) is 13.2. The van der Waals surface area contributed by atoms with E-state index >= 15 is 0 Å². The quantitative estimate of drug-likeness (QED) is 0.733. The Balaban J connectivity index is 2.34. The lowest BCUT2D eigenvalue weighted by molar-refractivity contribution is 0.404. The van der Waals surface area contributed by atoms with Crippen LogP contribution in [-0.2, 0) is 0 Å². The summed E-state index contributed by atoms with van der Waals surface area (Å²) in [5.74, 6) is 1.56. The van der Waals surface area contributed by atoms with Crippen molar-refractivity contribution in [3.05, 3.63) is 35.0 Å². The van der Waals surface area contributed by atoms with Crippen LogP contribution >= 0.6 is 11.3 Å². The first kappa shape index (κ1) is 13.8. The van der Waals surface area contributed by atoms with Crippen molar-refractivity contribution in [3.63, 3.8) is 0 Å². The van der Waals surface area contributed by atoms with E-state index < -0.39 is 0 Å². The van der Waals surface area contributed by atoms with Crippen molar-refractivity contribution in [2.45, 2.75) is 13.8 Å². The number of aromatic nitrogens is 2. The molecule has 0 saturated carbocycles. The molecular weight excluding hydrogens is 284 g/mol. The number of fused-ring (bicyclic) bond motifs is 1. The maximum Gasteiger partial charge on any atom is 0.128 e. The minimum Gasteiger partial charge on any atom is -0.497 e. The van der Waals surface area contributed by atoms with Crippen LogP contribution in [0.4, 0.5) is 0 Å². The molecule has 0 amide bonds. The molecule has 0 atom stereocenters. The summed E-state index contributed by atoms with van der Waals surface area (Å²) in [5.41, 5.74) is 3.03. The van der Waals surface area contributed by atoms with Crippen molar-refractivity contribution >= 4 is 21.6 Å². The molecule has 0 fully saturated rings. The summed E-state index contributed by atoms with van der Waals surface area (Å²) < 4.78 is 10.8. The van der Waals surface area contributed by atoms with E-state index in [0.29, 0.717) is 0 Å². The van der Waals surface area contributed by atoms with Gasteiger partial charge in [0, 0.05) is 15.8 Å². The fourth-order valence-electron chi connectivity index (χ4n) is 2.39. The van der Waals surface area contributed by atoms with Crippen molar-refractivity contribution in [2.75, 3.05) is 14.2 Å². The first-order valence-corrected chi connectivity index (χ1v) is 7.40. The van der Waals surface area contributed by atoms with Gasteiger partial charge in [-0.25, -0.2) is 9.97 Å². The summed E-state index contributed by atoms with van der Waals surface area (Å²) in [6.07, 6.45) is 1.60. The van der Waals surface area contributed by atoms with Gasteiger partial charge in [0.15, 0.2) is 0 Å². The first-order chi connectivity index (χ1) is 10.2. The van der Waals surface area contributed by atoms with Crippen LogP contribution in [0.15, 0.2) is 24.5 Å². The van der Waals surface area contributed by atoms with Gasteiger partial charge in [0.05, 0.1) is 19.9 Å². The molecule has 5 heteroatoms. The predicted octanol–water partition coefficient (Wildman–Crippen LogP) is 3.99. The van der Waals surface area contributed by atoms with Crippen LogP contribution < -0.4 is 9.47 Å². The molecule has 0 N–H and O–H groups in total. The highest BCUT2D eigenvalue weighted by molar-refractivity contribution is 7.18. The van der Waals surface area contributed by atoms with Gasteiger partial charge in [-0.05, 0) is 37.6 Å². The first-order valence-electron chi connectivity index (χ1n) is 6.58. The van der Waals surface area contributed by atoms with Crippen LogP contribution in [0.3, 0.4) is 0 Å². The molecule has 0 bridgehead atoms. The molecule has 0 aliphatic heterocycles. The lowest BCUT2D eigenvalue weighted by atomic mass is 10.0. The summed E-state index contributed by atoms with van der Waals surface area (Å²) >= 11 is 1.69. The minimum atomic E-state index is 0.777. The zero-order valence-electron chi connectivity index (χ0n) is 12.4. The topological polar surface area (TPSA) is 44.2 Å². The molecule has 2 heterocycles. The van der Waals surface area contributed by atoms with Crippen LogP contribution in [-0.4, -0.2) is 24.2 Å². The van der Waals surface area contributed by atoms with Crippen LogP contribution in [0.5, 0.6) is 11.5 Å². The van der Waals surface area contributed by atoms with E-state index in [2.05, 4.69) is 23.8 Å². The predicted molar refractivity (Wildman–Crippen MR) is 85.4 cm³/mol. The van der Waals surface area contributed by atoms with Crippen LogP contribution in [0.1, 0.15) is 10.4 Å². The Morgan fingerprint density at radius 3 is 2.57 bits per heavy atom. The van der Waals surface area contributed by atoms with Crippen molar-refractivity contribution < 1.29 is 9.47 Å². The second-order valence-electron chi connectivity index (χ2n) is 4.75. The highest BCUT2D eigenvalue weighted by Crippen LogP contribution is 2.39. The maximum absolute atomic E-state index is 5.48. The van der Waals surface area contributed by atoms with Gasteiger partial charge < -0.3 is 9.47 Å².